The van der Waals surface area contributed by atoms with Gasteiger partial charge in [-0.3, -0.25) is 9.89 Å². The molecule has 0 aliphatic heterocycles. The number of carbonyl (C=O) groups is 1. The molecule has 166 valence electrons. The monoisotopic (exact) mass is 442 g/mol. The number of aromatic nitrogens is 2. The third kappa shape index (κ3) is 5.71. The number of H-pyrrole nitrogens is 1. The molecule has 0 aliphatic rings. The van der Waals surface area contributed by atoms with Crippen LogP contribution in [-0.4, -0.2) is 21.8 Å². The van der Waals surface area contributed by atoms with Crippen molar-refractivity contribution in [3.8, 4) is 17.0 Å². The number of amides is 1. The molecule has 0 fully saturated rings. The number of nitrogens with one attached hydrogen (secondary N) is 2. The first kappa shape index (κ1) is 22.0. The molecular formula is C26H23FN4O2. The van der Waals surface area contributed by atoms with Gasteiger partial charge in [0, 0.05) is 5.56 Å². The normalized spacial score (nSPS) is 11.3. The van der Waals surface area contributed by atoms with E-state index >= 15 is 0 Å². The first-order valence-corrected chi connectivity index (χ1v) is 10.4. The van der Waals surface area contributed by atoms with E-state index < -0.39 is 5.91 Å². The van der Waals surface area contributed by atoms with Crippen molar-refractivity contribution in [2.45, 2.75) is 20.5 Å². The first-order chi connectivity index (χ1) is 16.0. The highest BCUT2D eigenvalue weighted by Gasteiger charge is 2.11. The molecule has 0 spiro atoms. The summed E-state index contributed by atoms with van der Waals surface area (Å²) in [4.78, 5) is 12.4. The molecule has 4 aromatic rings. The van der Waals surface area contributed by atoms with Crippen molar-refractivity contribution in [3.05, 3.63) is 107 Å². The lowest BCUT2D eigenvalue weighted by molar-refractivity contribution is 0.0950. The molecule has 7 heteroatoms. The smallest absolute Gasteiger partial charge is 0.289 e. The first-order valence-electron chi connectivity index (χ1n) is 10.4. The van der Waals surface area contributed by atoms with Crippen LogP contribution in [-0.2, 0) is 6.61 Å². The number of hydrazone groups is 1. The van der Waals surface area contributed by atoms with Crippen LogP contribution >= 0.6 is 0 Å². The van der Waals surface area contributed by atoms with Gasteiger partial charge < -0.3 is 4.74 Å². The summed E-state index contributed by atoms with van der Waals surface area (Å²) in [6.07, 6.45) is 0. The summed E-state index contributed by atoms with van der Waals surface area (Å²) < 4.78 is 18.9. The van der Waals surface area contributed by atoms with Gasteiger partial charge in [0.05, 0.1) is 11.4 Å². The van der Waals surface area contributed by atoms with Gasteiger partial charge in [0.1, 0.15) is 23.9 Å². The lowest BCUT2D eigenvalue weighted by Crippen LogP contribution is -2.19. The molecule has 0 bridgehead atoms. The number of benzene rings is 3. The van der Waals surface area contributed by atoms with Crippen LogP contribution in [0.2, 0.25) is 0 Å². The van der Waals surface area contributed by atoms with Crippen LogP contribution < -0.4 is 10.2 Å². The van der Waals surface area contributed by atoms with Gasteiger partial charge in [0.25, 0.3) is 5.91 Å². The van der Waals surface area contributed by atoms with Crippen LogP contribution in [0.5, 0.6) is 5.75 Å². The molecule has 2 N–H and O–H groups in total. The average Bonchev–Trinajstić information content (AvgIpc) is 3.33. The fourth-order valence-corrected chi connectivity index (χ4v) is 3.11. The number of hydrogen-bond acceptors (Lipinski definition) is 4. The highest BCUT2D eigenvalue weighted by atomic mass is 19.1. The highest BCUT2D eigenvalue weighted by molar-refractivity contribution is 6.00. The summed E-state index contributed by atoms with van der Waals surface area (Å²) in [5, 5.41) is 11.0. The minimum Gasteiger partial charge on any atom is -0.489 e. The second-order valence-corrected chi connectivity index (χ2v) is 7.61. The number of carbonyl (C=O) groups excluding carboxylic acids is 1. The standard InChI is InChI=1S/C26H23FN4O2/c1-17-3-5-19(6-4-17)16-33-23-13-9-21(10-14-23)24-15-25(30-29-24)26(32)31-28-18(2)20-7-11-22(27)12-8-20/h3-15H,16H2,1-2H3,(H,29,30)(H,31,32). The van der Waals surface area contributed by atoms with Gasteiger partial charge in [-0.15, -0.1) is 0 Å². The summed E-state index contributed by atoms with van der Waals surface area (Å²) in [5.41, 5.74) is 7.83. The summed E-state index contributed by atoms with van der Waals surface area (Å²) in [7, 11) is 0. The molecule has 1 amide bonds. The lowest BCUT2D eigenvalue weighted by Gasteiger charge is -2.07. The number of ether oxygens (including phenoxy) is 1. The fourth-order valence-electron chi connectivity index (χ4n) is 3.11. The molecule has 0 saturated heterocycles. The summed E-state index contributed by atoms with van der Waals surface area (Å²) in [6, 6.07) is 23.3. The Bertz CT molecular complexity index is 1260. The number of halogens is 1. The predicted octanol–water partition coefficient (Wildman–Crippen LogP) is 5.26. The van der Waals surface area contributed by atoms with E-state index in [1.165, 1.54) is 17.7 Å². The maximum absolute atomic E-state index is 13.0. The van der Waals surface area contributed by atoms with E-state index in [2.05, 4.69) is 39.8 Å². The molecule has 0 radical (unpaired) electrons. The Kier molecular flexibility index (Phi) is 6.59. The number of hydrogen-bond donors (Lipinski definition) is 2. The summed E-state index contributed by atoms with van der Waals surface area (Å²) >= 11 is 0. The zero-order valence-corrected chi connectivity index (χ0v) is 18.3. The van der Waals surface area contributed by atoms with Gasteiger partial charge in [0.15, 0.2) is 0 Å². The second-order valence-electron chi connectivity index (χ2n) is 7.61. The Morgan fingerprint density at radius 1 is 1.03 bits per heavy atom. The van der Waals surface area contributed by atoms with Crippen molar-refractivity contribution in [1.29, 1.82) is 0 Å². The van der Waals surface area contributed by atoms with E-state index in [1.807, 2.05) is 36.4 Å². The molecule has 1 heterocycles. The van der Waals surface area contributed by atoms with Crippen LogP contribution in [0.15, 0.2) is 84.0 Å². The third-order valence-corrected chi connectivity index (χ3v) is 5.09. The van der Waals surface area contributed by atoms with Crippen LogP contribution in [0, 0.1) is 12.7 Å². The lowest BCUT2D eigenvalue weighted by atomic mass is 10.1. The molecule has 0 atom stereocenters. The zero-order chi connectivity index (χ0) is 23.2. The Balaban J connectivity index is 1.36. The van der Waals surface area contributed by atoms with Crippen molar-refractivity contribution < 1.29 is 13.9 Å². The number of aromatic amines is 1. The second kappa shape index (κ2) is 9.91. The number of nitrogens with zero attached hydrogens (tertiary/aromatic N) is 2. The van der Waals surface area contributed by atoms with E-state index in [0.717, 1.165) is 16.9 Å². The molecule has 0 unspecified atom stereocenters. The van der Waals surface area contributed by atoms with E-state index in [0.29, 0.717) is 23.6 Å². The molecule has 3 aromatic carbocycles. The molecule has 0 aliphatic carbocycles. The van der Waals surface area contributed by atoms with E-state index in [1.54, 1.807) is 25.1 Å². The Labute approximate surface area is 191 Å². The molecule has 4 rings (SSSR count). The van der Waals surface area contributed by atoms with Gasteiger partial charge >= 0.3 is 0 Å². The van der Waals surface area contributed by atoms with Crippen molar-refractivity contribution in [2.75, 3.05) is 0 Å². The van der Waals surface area contributed by atoms with Crippen molar-refractivity contribution >= 4 is 11.6 Å². The maximum atomic E-state index is 13.0. The third-order valence-electron chi connectivity index (χ3n) is 5.09. The van der Waals surface area contributed by atoms with Crippen molar-refractivity contribution in [3.63, 3.8) is 0 Å². The topological polar surface area (TPSA) is 79.4 Å². The minimum atomic E-state index is -0.423. The molecule has 1 aromatic heterocycles. The van der Waals surface area contributed by atoms with E-state index in [9.17, 15) is 9.18 Å². The van der Waals surface area contributed by atoms with Crippen LogP contribution in [0.3, 0.4) is 0 Å². The molecule has 6 nitrogen and oxygen atoms in total. The Hall–Kier alpha value is -4.26. The SMILES string of the molecule is CC(=NNC(=O)c1cc(-c2ccc(OCc3ccc(C)cc3)cc2)n[nH]1)c1ccc(F)cc1. The van der Waals surface area contributed by atoms with Crippen molar-refractivity contribution in [1.82, 2.24) is 15.6 Å². The minimum absolute atomic E-state index is 0.278. The number of aryl methyl sites for hydroxylation is 1. The average molecular weight is 442 g/mol. The number of rotatable bonds is 7. The largest absolute Gasteiger partial charge is 0.489 e. The van der Waals surface area contributed by atoms with Gasteiger partial charge in [-0.25, -0.2) is 9.82 Å². The van der Waals surface area contributed by atoms with E-state index in [-0.39, 0.29) is 11.5 Å². The zero-order valence-electron chi connectivity index (χ0n) is 18.3. The quantitative estimate of drug-likeness (QED) is 0.303. The van der Waals surface area contributed by atoms with Gasteiger partial charge in [-0.1, -0.05) is 42.0 Å². The van der Waals surface area contributed by atoms with Gasteiger partial charge in [-0.05, 0) is 67.4 Å². The van der Waals surface area contributed by atoms with Gasteiger partial charge in [0.2, 0.25) is 0 Å². The Morgan fingerprint density at radius 3 is 2.42 bits per heavy atom. The Morgan fingerprint density at radius 2 is 1.73 bits per heavy atom. The van der Waals surface area contributed by atoms with Gasteiger partial charge in [-0.2, -0.15) is 10.2 Å². The molecular weight excluding hydrogens is 419 g/mol. The van der Waals surface area contributed by atoms with Crippen molar-refractivity contribution in [2.24, 2.45) is 5.10 Å². The predicted molar refractivity (Wildman–Crippen MR) is 126 cm³/mol. The fraction of sp³-hybridized carbons (Fsp3) is 0.115. The maximum Gasteiger partial charge on any atom is 0.289 e. The van der Waals surface area contributed by atoms with Crippen LogP contribution in [0.25, 0.3) is 11.3 Å². The molecule has 33 heavy (non-hydrogen) atoms. The van der Waals surface area contributed by atoms with Crippen LogP contribution in [0.4, 0.5) is 4.39 Å². The van der Waals surface area contributed by atoms with E-state index in [4.69, 9.17) is 4.74 Å². The summed E-state index contributed by atoms with van der Waals surface area (Å²) in [6.45, 7) is 4.27. The molecule has 0 saturated carbocycles. The highest BCUT2D eigenvalue weighted by Crippen LogP contribution is 2.22. The summed E-state index contributed by atoms with van der Waals surface area (Å²) in [5.74, 6) is -0.00173. The van der Waals surface area contributed by atoms with Crippen LogP contribution in [0.1, 0.15) is 34.1 Å².